The van der Waals surface area contributed by atoms with E-state index in [0.29, 0.717) is 0 Å². The normalized spacial score (nSPS) is 19.9. The molecule has 1 aromatic heterocycles. The van der Waals surface area contributed by atoms with Crippen LogP contribution in [0, 0.1) is 12.8 Å². The summed E-state index contributed by atoms with van der Waals surface area (Å²) in [5, 5.41) is 4.48. The van der Waals surface area contributed by atoms with E-state index in [-0.39, 0.29) is 0 Å². The Balaban J connectivity index is 1.22. The number of rotatable bonds is 6. The van der Waals surface area contributed by atoms with E-state index < -0.39 is 0 Å². The number of piperidine rings is 2. The van der Waals surface area contributed by atoms with Gasteiger partial charge in [-0.05, 0) is 82.3 Å². The lowest BCUT2D eigenvalue weighted by Crippen LogP contribution is -2.34. The standard InChI is InChI=1S/C24H36N4/c1-20-24(18-26(2)25-20)19-28-14-10-22(11-15-28)16-21-6-8-23(9-7-21)17-27-12-4-3-5-13-27/h6-9,18,22H,3-5,10-17,19H2,1-2H3. The molecule has 2 fully saturated rings. The predicted molar refractivity (Wildman–Crippen MR) is 115 cm³/mol. The molecule has 3 heterocycles. The average Bonchev–Trinajstić information content (AvgIpc) is 3.02. The minimum atomic E-state index is 0.833. The first-order valence-electron chi connectivity index (χ1n) is 11.2. The Labute approximate surface area is 170 Å². The summed E-state index contributed by atoms with van der Waals surface area (Å²) in [4.78, 5) is 5.21. The summed E-state index contributed by atoms with van der Waals surface area (Å²) in [5.74, 6) is 0.833. The van der Waals surface area contributed by atoms with Crippen LogP contribution < -0.4 is 0 Å². The van der Waals surface area contributed by atoms with E-state index in [9.17, 15) is 0 Å². The second-order valence-electron chi connectivity index (χ2n) is 8.99. The fourth-order valence-electron chi connectivity index (χ4n) is 4.88. The van der Waals surface area contributed by atoms with Crippen molar-refractivity contribution in [3.05, 3.63) is 52.8 Å². The first kappa shape index (κ1) is 19.7. The summed E-state index contributed by atoms with van der Waals surface area (Å²) in [7, 11) is 2.01. The molecule has 0 saturated carbocycles. The maximum atomic E-state index is 4.48. The Hall–Kier alpha value is -1.65. The van der Waals surface area contributed by atoms with Crippen molar-refractivity contribution in [2.45, 2.75) is 58.5 Å². The minimum Gasteiger partial charge on any atom is -0.299 e. The van der Waals surface area contributed by atoms with Gasteiger partial charge in [-0.3, -0.25) is 14.5 Å². The van der Waals surface area contributed by atoms with Crippen molar-refractivity contribution < 1.29 is 0 Å². The van der Waals surface area contributed by atoms with E-state index in [1.54, 1.807) is 0 Å². The summed E-state index contributed by atoms with van der Waals surface area (Å²) in [6.45, 7) is 9.29. The number of aromatic nitrogens is 2. The van der Waals surface area contributed by atoms with Crippen LogP contribution in [0.5, 0.6) is 0 Å². The lowest BCUT2D eigenvalue weighted by Gasteiger charge is -2.32. The third-order valence-electron chi connectivity index (χ3n) is 6.62. The van der Waals surface area contributed by atoms with Gasteiger partial charge in [0.1, 0.15) is 0 Å². The van der Waals surface area contributed by atoms with Crippen LogP contribution >= 0.6 is 0 Å². The molecular formula is C24H36N4. The first-order chi connectivity index (χ1) is 13.7. The van der Waals surface area contributed by atoms with Crippen LogP contribution in [0.2, 0.25) is 0 Å². The van der Waals surface area contributed by atoms with Crippen molar-refractivity contribution in [2.75, 3.05) is 26.2 Å². The van der Waals surface area contributed by atoms with Gasteiger partial charge in [-0.1, -0.05) is 30.7 Å². The van der Waals surface area contributed by atoms with Crippen LogP contribution in [0.1, 0.15) is 54.5 Å². The Morgan fingerprint density at radius 1 is 0.857 bits per heavy atom. The highest BCUT2D eigenvalue weighted by Gasteiger charge is 2.20. The smallest absolute Gasteiger partial charge is 0.0638 e. The zero-order chi connectivity index (χ0) is 19.3. The van der Waals surface area contributed by atoms with Crippen molar-refractivity contribution in [3.8, 4) is 0 Å². The molecule has 28 heavy (non-hydrogen) atoms. The molecular weight excluding hydrogens is 344 g/mol. The second kappa shape index (κ2) is 9.23. The molecule has 0 amide bonds. The van der Waals surface area contributed by atoms with Crippen LogP contribution in [0.15, 0.2) is 30.5 Å². The Kier molecular flexibility index (Phi) is 6.48. The predicted octanol–water partition coefficient (Wildman–Crippen LogP) is 4.17. The maximum absolute atomic E-state index is 4.48. The quantitative estimate of drug-likeness (QED) is 0.752. The molecule has 0 unspecified atom stereocenters. The molecule has 1 aromatic carbocycles. The van der Waals surface area contributed by atoms with Gasteiger partial charge < -0.3 is 0 Å². The summed E-state index contributed by atoms with van der Waals surface area (Å²) >= 11 is 0. The molecule has 2 saturated heterocycles. The van der Waals surface area contributed by atoms with Crippen LogP contribution in [0.3, 0.4) is 0 Å². The molecule has 0 spiro atoms. The molecule has 0 aliphatic carbocycles. The number of aryl methyl sites for hydroxylation is 2. The Morgan fingerprint density at radius 2 is 1.50 bits per heavy atom. The topological polar surface area (TPSA) is 24.3 Å². The molecule has 0 atom stereocenters. The van der Waals surface area contributed by atoms with Gasteiger partial charge in [0.2, 0.25) is 0 Å². The van der Waals surface area contributed by atoms with E-state index in [0.717, 1.165) is 19.0 Å². The second-order valence-corrected chi connectivity index (χ2v) is 8.99. The highest BCUT2D eigenvalue weighted by molar-refractivity contribution is 5.23. The van der Waals surface area contributed by atoms with Crippen molar-refractivity contribution in [1.29, 1.82) is 0 Å². The molecule has 0 bridgehead atoms. The van der Waals surface area contributed by atoms with Gasteiger partial charge in [-0.25, -0.2) is 0 Å². The minimum absolute atomic E-state index is 0.833. The van der Waals surface area contributed by atoms with Gasteiger partial charge >= 0.3 is 0 Å². The van der Waals surface area contributed by atoms with Crippen molar-refractivity contribution in [2.24, 2.45) is 13.0 Å². The van der Waals surface area contributed by atoms with E-state index in [2.05, 4.69) is 52.3 Å². The lowest BCUT2D eigenvalue weighted by molar-refractivity contribution is 0.176. The summed E-state index contributed by atoms with van der Waals surface area (Å²) in [6, 6.07) is 9.49. The van der Waals surface area contributed by atoms with Gasteiger partial charge in [0.15, 0.2) is 0 Å². The van der Waals surface area contributed by atoms with E-state index >= 15 is 0 Å². The fraction of sp³-hybridized carbons (Fsp3) is 0.625. The van der Waals surface area contributed by atoms with E-state index in [4.69, 9.17) is 0 Å². The summed E-state index contributed by atoms with van der Waals surface area (Å²) < 4.78 is 1.94. The van der Waals surface area contributed by atoms with E-state index in [1.807, 2.05) is 11.7 Å². The van der Waals surface area contributed by atoms with Crippen LogP contribution in [0.25, 0.3) is 0 Å². The monoisotopic (exact) mass is 380 g/mol. The number of benzene rings is 1. The van der Waals surface area contributed by atoms with Gasteiger partial charge in [-0.2, -0.15) is 5.10 Å². The Morgan fingerprint density at radius 3 is 2.14 bits per heavy atom. The molecule has 4 rings (SSSR count). The average molecular weight is 381 g/mol. The van der Waals surface area contributed by atoms with E-state index in [1.165, 1.54) is 87.1 Å². The van der Waals surface area contributed by atoms with Crippen LogP contribution in [0.4, 0.5) is 0 Å². The zero-order valence-electron chi connectivity index (χ0n) is 17.7. The molecule has 2 aliphatic rings. The zero-order valence-corrected chi connectivity index (χ0v) is 17.7. The molecule has 0 radical (unpaired) electrons. The molecule has 2 aliphatic heterocycles. The number of hydrogen-bond donors (Lipinski definition) is 0. The fourth-order valence-corrected chi connectivity index (χ4v) is 4.88. The highest BCUT2D eigenvalue weighted by Crippen LogP contribution is 2.24. The lowest BCUT2D eigenvalue weighted by atomic mass is 9.89. The third-order valence-corrected chi connectivity index (χ3v) is 6.62. The molecule has 2 aromatic rings. The van der Waals surface area contributed by atoms with Crippen molar-refractivity contribution in [3.63, 3.8) is 0 Å². The highest BCUT2D eigenvalue weighted by atomic mass is 15.3. The molecule has 4 heteroatoms. The third kappa shape index (κ3) is 5.24. The van der Waals surface area contributed by atoms with Gasteiger partial charge in [-0.15, -0.1) is 0 Å². The first-order valence-corrected chi connectivity index (χ1v) is 11.2. The molecule has 4 nitrogen and oxygen atoms in total. The van der Waals surface area contributed by atoms with Crippen LogP contribution in [-0.2, 0) is 26.6 Å². The number of hydrogen-bond acceptors (Lipinski definition) is 3. The van der Waals surface area contributed by atoms with Gasteiger partial charge in [0, 0.05) is 31.9 Å². The molecule has 152 valence electrons. The van der Waals surface area contributed by atoms with Crippen molar-refractivity contribution in [1.82, 2.24) is 19.6 Å². The summed E-state index contributed by atoms with van der Waals surface area (Å²) in [5.41, 5.74) is 5.55. The number of likely N-dealkylation sites (tertiary alicyclic amines) is 2. The molecule has 0 N–H and O–H groups in total. The number of nitrogens with zero attached hydrogens (tertiary/aromatic N) is 4. The van der Waals surface area contributed by atoms with Gasteiger partial charge in [0.05, 0.1) is 5.69 Å². The summed E-state index contributed by atoms with van der Waals surface area (Å²) in [6.07, 6.45) is 10.2. The SMILES string of the molecule is Cc1nn(C)cc1CN1CCC(Cc2ccc(CN3CCCCC3)cc2)CC1. The van der Waals surface area contributed by atoms with Crippen molar-refractivity contribution >= 4 is 0 Å². The maximum Gasteiger partial charge on any atom is 0.0638 e. The van der Waals surface area contributed by atoms with Crippen LogP contribution in [-0.4, -0.2) is 45.8 Å². The largest absolute Gasteiger partial charge is 0.299 e. The van der Waals surface area contributed by atoms with Gasteiger partial charge in [0.25, 0.3) is 0 Å². The Bertz CT molecular complexity index is 734.